The van der Waals surface area contributed by atoms with Gasteiger partial charge in [0.1, 0.15) is 5.82 Å². The third-order valence-electron chi connectivity index (χ3n) is 3.74. The number of nitrogens with two attached hydrogens (primary N) is 1. The van der Waals surface area contributed by atoms with Crippen LogP contribution in [0.3, 0.4) is 0 Å². The molecule has 1 saturated carbocycles. The lowest BCUT2D eigenvalue weighted by atomic mass is 10.1. The Bertz CT molecular complexity index is 866. The zero-order valence-electron chi connectivity index (χ0n) is 11.9. The first kappa shape index (κ1) is 12.8. The highest BCUT2D eigenvalue weighted by molar-refractivity contribution is 5.85. The van der Waals surface area contributed by atoms with E-state index >= 15 is 0 Å². The molecule has 1 aliphatic rings. The lowest BCUT2D eigenvalue weighted by Gasteiger charge is -2.10. The van der Waals surface area contributed by atoms with Gasteiger partial charge in [0.25, 0.3) is 0 Å². The Kier molecular flexibility index (Phi) is 2.82. The zero-order chi connectivity index (χ0) is 15.1. The van der Waals surface area contributed by atoms with Gasteiger partial charge in [0.05, 0.1) is 17.5 Å². The van der Waals surface area contributed by atoms with Gasteiger partial charge in [-0.15, -0.1) is 0 Å². The molecule has 0 amide bonds. The summed E-state index contributed by atoms with van der Waals surface area (Å²) in [4.78, 5) is 15.8. The number of nitrogens with zero attached hydrogens (tertiary/aromatic N) is 3. The summed E-state index contributed by atoms with van der Waals surface area (Å²) >= 11 is 0. The van der Waals surface area contributed by atoms with E-state index in [-0.39, 0.29) is 0 Å². The van der Waals surface area contributed by atoms with Crippen LogP contribution in [0.25, 0.3) is 16.9 Å². The van der Waals surface area contributed by atoms with Crippen molar-refractivity contribution in [3.8, 4) is 11.3 Å². The molecule has 0 bridgehead atoms. The molecule has 110 valence electrons. The fourth-order valence-corrected chi connectivity index (χ4v) is 2.45. The average molecular weight is 293 g/mol. The second-order valence-corrected chi connectivity index (χ2v) is 5.52. The van der Waals surface area contributed by atoms with Gasteiger partial charge in [-0.25, -0.2) is 4.98 Å². The topological polar surface area (TPSA) is 85.3 Å². The first-order valence-electron chi connectivity index (χ1n) is 7.21. The Balaban J connectivity index is 1.92. The predicted octanol–water partition coefficient (Wildman–Crippen LogP) is 2.37. The quantitative estimate of drug-likeness (QED) is 0.570. The standard InChI is InChI=1S/C16H15N5O/c17-12-3-1-2-10(6-12)14-7-15(19-13-4-5-13)21-16(20-14)11(9-22)8-18-21/h1-3,6-9,13,19H,4-5,17H2. The van der Waals surface area contributed by atoms with Crippen LogP contribution < -0.4 is 11.1 Å². The van der Waals surface area contributed by atoms with Crippen LogP contribution in [0.1, 0.15) is 23.2 Å². The van der Waals surface area contributed by atoms with E-state index in [1.165, 1.54) is 6.20 Å². The van der Waals surface area contributed by atoms with Crippen molar-refractivity contribution in [2.24, 2.45) is 0 Å². The largest absolute Gasteiger partial charge is 0.399 e. The maximum atomic E-state index is 11.2. The van der Waals surface area contributed by atoms with Crippen molar-refractivity contribution in [2.45, 2.75) is 18.9 Å². The third-order valence-corrected chi connectivity index (χ3v) is 3.74. The van der Waals surface area contributed by atoms with Crippen molar-refractivity contribution in [3.05, 3.63) is 42.1 Å². The number of hydrogen-bond acceptors (Lipinski definition) is 5. The summed E-state index contributed by atoms with van der Waals surface area (Å²) in [5, 5.41) is 7.69. The van der Waals surface area contributed by atoms with E-state index in [1.54, 1.807) is 4.52 Å². The summed E-state index contributed by atoms with van der Waals surface area (Å²) in [6.45, 7) is 0. The number of carbonyl (C=O) groups excluding carboxylic acids is 1. The minimum Gasteiger partial charge on any atom is -0.399 e. The van der Waals surface area contributed by atoms with Gasteiger partial charge in [-0.1, -0.05) is 12.1 Å². The predicted molar refractivity (Wildman–Crippen MR) is 84.9 cm³/mol. The lowest BCUT2D eigenvalue weighted by Crippen LogP contribution is -2.08. The van der Waals surface area contributed by atoms with E-state index in [0.717, 1.165) is 36.2 Å². The van der Waals surface area contributed by atoms with Gasteiger partial charge in [0.15, 0.2) is 11.9 Å². The molecule has 0 saturated heterocycles. The Morgan fingerprint density at radius 2 is 2.18 bits per heavy atom. The molecule has 22 heavy (non-hydrogen) atoms. The van der Waals surface area contributed by atoms with E-state index in [9.17, 15) is 4.79 Å². The molecule has 0 atom stereocenters. The van der Waals surface area contributed by atoms with Crippen LogP contribution in [-0.4, -0.2) is 26.9 Å². The van der Waals surface area contributed by atoms with Crippen molar-refractivity contribution >= 4 is 23.4 Å². The molecule has 2 heterocycles. The monoisotopic (exact) mass is 293 g/mol. The van der Waals surface area contributed by atoms with E-state index in [0.29, 0.717) is 22.9 Å². The zero-order valence-corrected chi connectivity index (χ0v) is 11.9. The molecular weight excluding hydrogens is 278 g/mol. The van der Waals surface area contributed by atoms with Crippen LogP contribution in [-0.2, 0) is 0 Å². The molecule has 2 aromatic heterocycles. The molecule has 0 aliphatic heterocycles. The van der Waals surface area contributed by atoms with Gasteiger partial charge in [-0.05, 0) is 25.0 Å². The lowest BCUT2D eigenvalue weighted by molar-refractivity contribution is 0.112. The van der Waals surface area contributed by atoms with Crippen molar-refractivity contribution in [2.75, 3.05) is 11.1 Å². The van der Waals surface area contributed by atoms with Crippen molar-refractivity contribution < 1.29 is 4.79 Å². The van der Waals surface area contributed by atoms with E-state index in [4.69, 9.17) is 5.73 Å². The average Bonchev–Trinajstić information content (AvgIpc) is 3.24. The Morgan fingerprint density at radius 1 is 1.32 bits per heavy atom. The summed E-state index contributed by atoms with van der Waals surface area (Å²) in [6, 6.07) is 9.97. The maximum Gasteiger partial charge on any atom is 0.168 e. The smallest absolute Gasteiger partial charge is 0.168 e. The number of nitrogen functional groups attached to an aromatic ring is 1. The molecule has 1 aromatic carbocycles. The third kappa shape index (κ3) is 2.18. The van der Waals surface area contributed by atoms with Gasteiger partial charge >= 0.3 is 0 Å². The first-order valence-corrected chi connectivity index (χ1v) is 7.21. The number of hydrogen-bond donors (Lipinski definition) is 2. The second kappa shape index (κ2) is 4.84. The molecule has 1 aliphatic carbocycles. The fraction of sp³-hybridized carbons (Fsp3) is 0.188. The SMILES string of the molecule is Nc1cccc(-c2cc(NC3CC3)n3ncc(C=O)c3n2)c1. The van der Waals surface area contributed by atoms with Gasteiger partial charge in [-0.3, -0.25) is 4.79 Å². The number of aldehydes is 1. The normalized spacial score (nSPS) is 14.2. The van der Waals surface area contributed by atoms with Crippen molar-refractivity contribution in [3.63, 3.8) is 0 Å². The molecule has 0 spiro atoms. The maximum absolute atomic E-state index is 11.2. The Morgan fingerprint density at radius 3 is 2.91 bits per heavy atom. The molecule has 0 radical (unpaired) electrons. The molecule has 4 rings (SSSR count). The highest BCUT2D eigenvalue weighted by Crippen LogP contribution is 2.29. The Labute approximate surface area is 127 Å². The summed E-state index contributed by atoms with van der Waals surface area (Å²) in [7, 11) is 0. The molecule has 6 nitrogen and oxygen atoms in total. The summed E-state index contributed by atoms with van der Waals surface area (Å²) in [5.74, 6) is 0.845. The van der Waals surface area contributed by atoms with Crippen LogP contribution in [0.15, 0.2) is 36.5 Å². The Hall–Kier alpha value is -2.89. The van der Waals surface area contributed by atoms with Crippen LogP contribution in [0.2, 0.25) is 0 Å². The number of aromatic nitrogens is 3. The van der Waals surface area contributed by atoms with E-state index in [2.05, 4.69) is 15.4 Å². The van der Waals surface area contributed by atoms with Crippen LogP contribution in [0.5, 0.6) is 0 Å². The van der Waals surface area contributed by atoms with Crippen LogP contribution >= 0.6 is 0 Å². The second-order valence-electron chi connectivity index (χ2n) is 5.52. The number of fused-ring (bicyclic) bond motifs is 1. The summed E-state index contributed by atoms with van der Waals surface area (Å²) in [6.07, 6.45) is 4.62. The van der Waals surface area contributed by atoms with E-state index < -0.39 is 0 Å². The number of anilines is 2. The molecule has 3 N–H and O–H groups in total. The minimum atomic E-state index is 0.475. The number of nitrogens with one attached hydrogen (secondary N) is 1. The number of benzene rings is 1. The summed E-state index contributed by atoms with van der Waals surface area (Å²) < 4.78 is 1.68. The minimum absolute atomic E-state index is 0.475. The number of carbonyl (C=O) groups is 1. The van der Waals surface area contributed by atoms with Crippen molar-refractivity contribution in [1.82, 2.24) is 14.6 Å². The van der Waals surface area contributed by atoms with Crippen molar-refractivity contribution in [1.29, 1.82) is 0 Å². The van der Waals surface area contributed by atoms with Gasteiger partial charge < -0.3 is 11.1 Å². The molecular formula is C16H15N5O. The van der Waals surface area contributed by atoms with Gasteiger partial charge in [0, 0.05) is 23.4 Å². The molecule has 1 fully saturated rings. The fourth-order valence-electron chi connectivity index (χ4n) is 2.45. The van der Waals surface area contributed by atoms with Gasteiger partial charge in [0.2, 0.25) is 0 Å². The molecule has 6 heteroatoms. The van der Waals surface area contributed by atoms with Gasteiger partial charge in [-0.2, -0.15) is 9.61 Å². The highest BCUT2D eigenvalue weighted by Gasteiger charge is 2.23. The first-order chi connectivity index (χ1) is 10.7. The van der Waals surface area contributed by atoms with Crippen LogP contribution in [0.4, 0.5) is 11.5 Å². The highest BCUT2D eigenvalue weighted by atomic mass is 16.1. The summed E-state index contributed by atoms with van der Waals surface area (Å²) in [5.41, 5.74) is 9.25. The molecule has 0 unspecified atom stereocenters. The van der Waals surface area contributed by atoms with E-state index in [1.807, 2.05) is 30.3 Å². The van der Waals surface area contributed by atoms with Crippen LogP contribution in [0, 0.1) is 0 Å². The number of rotatable bonds is 4. The molecule has 3 aromatic rings.